The Bertz CT molecular complexity index is 754. The molecule has 1 atom stereocenters. The smallest absolute Gasteiger partial charge is 0.259 e. The van der Waals surface area contributed by atoms with Crippen molar-refractivity contribution in [2.45, 2.75) is 25.4 Å². The predicted octanol–water partition coefficient (Wildman–Crippen LogP) is 3.90. The number of hydrogen-bond donors (Lipinski definition) is 1. The fourth-order valence-electron chi connectivity index (χ4n) is 3.03. The Kier molecular flexibility index (Phi) is 6.54. The van der Waals surface area contributed by atoms with Gasteiger partial charge in [-0.25, -0.2) is 0 Å². The van der Waals surface area contributed by atoms with E-state index >= 15 is 0 Å². The summed E-state index contributed by atoms with van der Waals surface area (Å²) in [5.41, 5.74) is 1.08. The first kappa shape index (κ1) is 19.0. The highest BCUT2D eigenvalue weighted by Crippen LogP contribution is 2.31. The van der Waals surface area contributed by atoms with Gasteiger partial charge in [-0.2, -0.15) is 0 Å². The van der Waals surface area contributed by atoms with E-state index in [-0.39, 0.29) is 12.0 Å². The monoisotopic (exact) mass is 371 g/mol. The Morgan fingerprint density at radius 1 is 1.11 bits per heavy atom. The Labute approximate surface area is 159 Å². The third-order valence-corrected chi connectivity index (χ3v) is 4.47. The molecule has 1 fully saturated rings. The maximum Gasteiger partial charge on any atom is 0.259 e. The molecular formula is C21H25NO5. The first-order valence-electron chi connectivity index (χ1n) is 9.08. The van der Waals surface area contributed by atoms with Gasteiger partial charge in [-0.05, 0) is 55.7 Å². The summed E-state index contributed by atoms with van der Waals surface area (Å²) in [4.78, 5) is 12.6. The van der Waals surface area contributed by atoms with Crippen molar-refractivity contribution in [2.75, 3.05) is 32.8 Å². The molecule has 0 aliphatic carbocycles. The normalized spacial score (nSPS) is 16.4. The van der Waals surface area contributed by atoms with Crippen LogP contribution < -0.4 is 19.5 Å². The van der Waals surface area contributed by atoms with Gasteiger partial charge in [-0.3, -0.25) is 4.79 Å². The highest BCUT2D eigenvalue weighted by atomic mass is 16.5. The number of rotatable bonds is 7. The van der Waals surface area contributed by atoms with Crippen LogP contribution in [0.4, 0.5) is 5.69 Å². The molecule has 1 amide bonds. The van der Waals surface area contributed by atoms with E-state index < -0.39 is 0 Å². The van der Waals surface area contributed by atoms with Gasteiger partial charge >= 0.3 is 0 Å². The van der Waals surface area contributed by atoms with Gasteiger partial charge < -0.3 is 24.3 Å². The maximum absolute atomic E-state index is 12.6. The van der Waals surface area contributed by atoms with Gasteiger partial charge in [0.25, 0.3) is 5.91 Å². The number of benzene rings is 2. The molecule has 1 heterocycles. The minimum atomic E-state index is -0.268. The van der Waals surface area contributed by atoms with Crippen LogP contribution >= 0.6 is 0 Å². The summed E-state index contributed by atoms with van der Waals surface area (Å²) in [6.45, 7) is 1.36. The third kappa shape index (κ3) is 4.92. The van der Waals surface area contributed by atoms with Gasteiger partial charge in [-0.1, -0.05) is 6.07 Å². The molecule has 27 heavy (non-hydrogen) atoms. The van der Waals surface area contributed by atoms with Gasteiger partial charge in [0.05, 0.1) is 25.9 Å². The van der Waals surface area contributed by atoms with Crippen LogP contribution in [0.15, 0.2) is 42.5 Å². The topological polar surface area (TPSA) is 66.0 Å². The second-order valence-electron chi connectivity index (χ2n) is 6.32. The molecule has 1 unspecified atom stereocenters. The van der Waals surface area contributed by atoms with Gasteiger partial charge in [-0.15, -0.1) is 0 Å². The molecule has 2 aromatic carbocycles. The largest absolute Gasteiger partial charge is 0.493 e. The predicted molar refractivity (Wildman–Crippen MR) is 103 cm³/mol. The highest BCUT2D eigenvalue weighted by Gasteiger charge is 2.17. The van der Waals surface area contributed by atoms with Crippen LogP contribution in [0.5, 0.6) is 17.2 Å². The van der Waals surface area contributed by atoms with E-state index in [0.717, 1.165) is 25.2 Å². The van der Waals surface area contributed by atoms with Crippen LogP contribution in [0.25, 0.3) is 0 Å². The van der Waals surface area contributed by atoms with Crippen molar-refractivity contribution >= 4 is 11.6 Å². The Morgan fingerprint density at radius 2 is 1.93 bits per heavy atom. The number of para-hydroxylation sites is 1. The summed E-state index contributed by atoms with van der Waals surface area (Å²) in [7, 11) is 3.05. The number of hydrogen-bond acceptors (Lipinski definition) is 5. The summed E-state index contributed by atoms with van der Waals surface area (Å²) < 4.78 is 22.0. The van der Waals surface area contributed by atoms with Crippen LogP contribution in [-0.4, -0.2) is 39.4 Å². The fraction of sp³-hybridized carbons (Fsp3) is 0.381. The van der Waals surface area contributed by atoms with Gasteiger partial charge in [0.2, 0.25) is 0 Å². The van der Waals surface area contributed by atoms with E-state index in [1.165, 1.54) is 20.6 Å². The lowest BCUT2D eigenvalue weighted by Crippen LogP contribution is -2.25. The Morgan fingerprint density at radius 3 is 2.59 bits per heavy atom. The quantitative estimate of drug-likeness (QED) is 0.799. The Hall–Kier alpha value is -2.73. The summed E-state index contributed by atoms with van der Waals surface area (Å²) in [5.74, 6) is 1.40. The van der Waals surface area contributed by atoms with Gasteiger partial charge in [0.1, 0.15) is 12.4 Å². The molecule has 3 rings (SSSR count). The summed E-state index contributed by atoms with van der Waals surface area (Å²) in [5, 5.41) is 2.86. The molecule has 0 bridgehead atoms. The average molecular weight is 371 g/mol. The van der Waals surface area contributed by atoms with E-state index in [1.54, 1.807) is 18.2 Å². The number of amides is 1. The van der Waals surface area contributed by atoms with Crippen LogP contribution in [0.2, 0.25) is 0 Å². The minimum absolute atomic E-state index is 0.165. The molecule has 0 saturated carbocycles. The van der Waals surface area contributed by atoms with E-state index in [9.17, 15) is 4.79 Å². The van der Waals surface area contributed by atoms with Crippen LogP contribution in [0.3, 0.4) is 0 Å². The molecule has 0 spiro atoms. The van der Waals surface area contributed by atoms with Gasteiger partial charge in [0, 0.05) is 12.3 Å². The number of anilines is 1. The molecular weight excluding hydrogens is 346 g/mol. The fourth-order valence-corrected chi connectivity index (χ4v) is 3.03. The van der Waals surface area contributed by atoms with E-state index in [1.807, 2.05) is 24.3 Å². The van der Waals surface area contributed by atoms with E-state index in [4.69, 9.17) is 18.9 Å². The van der Waals surface area contributed by atoms with Crippen molar-refractivity contribution in [3.05, 3.63) is 48.0 Å². The van der Waals surface area contributed by atoms with E-state index in [2.05, 4.69) is 5.32 Å². The molecule has 1 aliphatic rings. The van der Waals surface area contributed by atoms with Crippen molar-refractivity contribution < 1.29 is 23.7 Å². The molecule has 6 nitrogen and oxygen atoms in total. The molecule has 1 N–H and O–H groups in total. The first-order chi connectivity index (χ1) is 13.2. The second-order valence-corrected chi connectivity index (χ2v) is 6.32. The zero-order valence-electron chi connectivity index (χ0n) is 15.7. The first-order valence-corrected chi connectivity index (χ1v) is 9.08. The molecule has 6 heteroatoms. The van der Waals surface area contributed by atoms with Crippen molar-refractivity contribution in [3.8, 4) is 17.2 Å². The minimum Gasteiger partial charge on any atom is -0.493 e. The molecule has 1 saturated heterocycles. The molecule has 0 radical (unpaired) electrons. The molecule has 1 aliphatic heterocycles. The summed E-state index contributed by atoms with van der Waals surface area (Å²) in [6.07, 6.45) is 3.52. The van der Waals surface area contributed by atoms with Crippen LogP contribution in [0.1, 0.15) is 29.6 Å². The summed E-state index contributed by atoms with van der Waals surface area (Å²) in [6, 6.07) is 12.5. The zero-order valence-corrected chi connectivity index (χ0v) is 15.7. The van der Waals surface area contributed by atoms with Crippen molar-refractivity contribution in [1.29, 1.82) is 0 Å². The molecule has 144 valence electrons. The standard InChI is InChI=1S/C21H25NO5/c1-24-19-8-5-7-18(20(19)25-2)21(23)22-15-9-11-16(12-10-15)27-14-17-6-3-4-13-26-17/h5,7-12,17H,3-4,6,13-14H2,1-2H3,(H,22,23). The number of methoxy groups -OCH3 is 2. The lowest BCUT2D eigenvalue weighted by molar-refractivity contribution is -0.0110. The second kappa shape index (κ2) is 9.28. The SMILES string of the molecule is COc1cccc(C(=O)Nc2ccc(OCC3CCCCO3)cc2)c1OC. The van der Waals surface area contributed by atoms with Gasteiger partial charge in [0.15, 0.2) is 11.5 Å². The van der Waals surface area contributed by atoms with E-state index in [0.29, 0.717) is 29.4 Å². The van der Waals surface area contributed by atoms with Crippen LogP contribution in [0, 0.1) is 0 Å². The van der Waals surface area contributed by atoms with Crippen molar-refractivity contribution in [2.24, 2.45) is 0 Å². The Balaban J connectivity index is 1.60. The maximum atomic E-state index is 12.6. The van der Waals surface area contributed by atoms with Crippen LogP contribution in [-0.2, 0) is 4.74 Å². The third-order valence-electron chi connectivity index (χ3n) is 4.47. The zero-order chi connectivity index (χ0) is 19.1. The molecule has 2 aromatic rings. The lowest BCUT2D eigenvalue weighted by atomic mass is 10.1. The highest BCUT2D eigenvalue weighted by molar-refractivity contribution is 6.06. The summed E-state index contributed by atoms with van der Waals surface area (Å²) >= 11 is 0. The lowest BCUT2D eigenvalue weighted by Gasteiger charge is -2.22. The number of carbonyl (C=O) groups excluding carboxylic acids is 1. The number of carbonyl (C=O) groups is 1. The van der Waals surface area contributed by atoms with Crippen molar-refractivity contribution in [3.63, 3.8) is 0 Å². The number of ether oxygens (including phenoxy) is 4. The number of nitrogens with one attached hydrogen (secondary N) is 1. The average Bonchev–Trinajstić information content (AvgIpc) is 2.73. The molecule has 0 aromatic heterocycles. The van der Waals surface area contributed by atoms with Crippen molar-refractivity contribution in [1.82, 2.24) is 0 Å².